The maximum Gasteiger partial charge on any atom is 0.0821 e. The molecular weight excluding hydrogens is 234 g/mol. The Labute approximate surface area is 109 Å². The minimum atomic E-state index is 0.523. The van der Waals surface area contributed by atoms with Gasteiger partial charge in [0.15, 0.2) is 0 Å². The molecule has 3 nitrogen and oxygen atoms in total. The Morgan fingerprint density at radius 1 is 1.47 bits per heavy atom. The van der Waals surface area contributed by atoms with E-state index in [1.807, 2.05) is 0 Å². The van der Waals surface area contributed by atoms with Crippen molar-refractivity contribution in [2.45, 2.75) is 57.5 Å². The van der Waals surface area contributed by atoms with Gasteiger partial charge < -0.3 is 5.32 Å². The summed E-state index contributed by atoms with van der Waals surface area (Å²) in [6, 6.07) is 0.550. The van der Waals surface area contributed by atoms with Crippen LogP contribution in [-0.4, -0.2) is 22.9 Å². The van der Waals surface area contributed by atoms with Gasteiger partial charge in [0.25, 0.3) is 0 Å². The highest BCUT2D eigenvalue weighted by atomic mass is 35.5. The fourth-order valence-electron chi connectivity index (χ4n) is 2.93. The highest BCUT2D eigenvalue weighted by Gasteiger charge is 2.29. The lowest BCUT2D eigenvalue weighted by Gasteiger charge is -2.32. The zero-order chi connectivity index (χ0) is 12.3. The van der Waals surface area contributed by atoms with Crippen LogP contribution in [0.3, 0.4) is 0 Å². The van der Waals surface area contributed by atoms with Crippen LogP contribution in [-0.2, 0) is 6.54 Å². The largest absolute Gasteiger partial charge is 0.316 e. The van der Waals surface area contributed by atoms with E-state index in [0.29, 0.717) is 12.0 Å². The van der Waals surface area contributed by atoms with Crippen molar-refractivity contribution in [2.24, 2.45) is 0 Å². The molecule has 4 heteroatoms. The molecule has 2 atom stereocenters. The van der Waals surface area contributed by atoms with E-state index in [1.165, 1.54) is 31.4 Å². The number of hydrogen-bond acceptors (Lipinski definition) is 2. The first-order valence-corrected chi connectivity index (χ1v) is 7.04. The summed E-state index contributed by atoms with van der Waals surface area (Å²) in [4.78, 5) is 0. The highest BCUT2D eigenvalue weighted by molar-refractivity contribution is 6.31. The predicted octanol–water partition coefficient (Wildman–Crippen LogP) is 3.19. The second kappa shape index (κ2) is 5.87. The molecule has 2 unspecified atom stereocenters. The van der Waals surface area contributed by atoms with Gasteiger partial charge in [-0.1, -0.05) is 31.4 Å². The summed E-state index contributed by atoms with van der Waals surface area (Å²) < 4.78 is 2.10. The molecule has 1 heterocycles. The van der Waals surface area contributed by atoms with Gasteiger partial charge in [0.2, 0.25) is 0 Å². The van der Waals surface area contributed by atoms with E-state index in [9.17, 15) is 0 Å². The van der Waals surface area contributed by atoms with Gasteiger partial charge in [-0.3, -0.25) is 4.68 Å². The molecule has 1 N–H and O–H groups in total. The quantitative estimate of drug-likeness (QED) is 0.896. The van der Waals surface area contributed by atoms with Gasteiger partial charge in [-0.05, 0) is 26.3 Å². The molecule has 17 heavy (non-hydrogen) atoms. The number of nitrogens with one attached hydrogen (secondary N) is 1. The maximum absolute atomic E-state index is 6.33. The Kier molecular flexibility index (Phi) is 4.46. The third-order valence-corrected chi connectivity index (χ3v) is 4.05. The lowest BCUT2D eigenvalue weighted by Crippen LogP contribution is -2.35. The second-order valence-electron chi connectivity index (χ2n) is 4.89. The SMILES string of the molecule is CCCn1ncc(Cl)c1C1CCCCC1NC. The van der Waals surface area contributed by atoms with Gasteiger partial charge in [0.05, 0.1) is 16.9 Å². The fourth-order valence-corrected chi connectivity index (χ4v) is 3.22. The smallest absolute Gasteiger partial charge is 0.0821 e. The summed E-state index contributed by atoms with van der Waals surface area (Å²) in [5.74, 6) is 0.523. The zero-order valence-electron chi connectivity index (χ0n) is 10.7. The molecule has 0 aromatic carbocycles. The van der Waals surface area contributed by atoms with E-state index in [0.717, 1.165) is 18.0 Å². The van der Waals surface area contributed by atoms with Gasteiger partial charge >= 0.3 is 0 Å². The maximum atomic E-state index is 6.33. The van der Waals surface area contributed by atoms with E-state index in [4.69, 9.17) is 11.6 Å². The van der Waals surface area contributed by atoms with Crippen LogP contribution in [0.2, 0.25) is 5.02 Å². The number of likely N-dealkylation sites (N-methyl/N-ethyl adjacent to an activating group) is 1. The fraction of sp³-hybridized carbons (Fsp3) is 0.769. The molecule has 0 amide bonds. The molecule has 1 aromatic heterocycles. The van der Waals surface area contributed by atoms with Crippen molar-refractivity contribution < 1.29 is 0 Å². The van der Waals surface area contributed by atoms with Crippen LogP contribution in [0, 0.1) is 0 Å². The molecule has 1 aliphatic carbocycles. The number of nitrogens with zero attached hydrogens (tertiary/aromatic N) is 2. The first-order chi connectivity index (χ1) is 8.27. The first-order valence-electron chi connectivity index (χ1n) is 6.66. The van der Waals surface area contributed by atoms with Crippen LogP contribution in [0.1, 0.15) is 50.6 Å². The van der Waals surface area contributed by atoms with Crippen molar-refractivity contribution in [1.29, 1.82) is 0 Å². The lowest BCUT2D eigenvalue weighted by molar-refractivity contribution is 0.328. The van der Waals surface area contributed by atoms with E-state index in [1.54, 1.807) is 6.20 Å². The molecule has 1 fully saturated rings. The van der Waals surface area contributed by atoms with Crippen LogP contribution in [0.25, 0.3) is 0 Å². The number of aryl methyl sites for hydroxylation is 1. The summed E-state index contributed by atoms with van der Waals surface area (Å²) in [6.07, 6.45) is 7.99. The van der Waals surface area contributed by atoms with Gasteiger partial charge in [0, 0.05) is 18.5 Å². The van der Waals surface area contributed by atoms with Gasteiger partial charge in [-0.2, -0.15) is 5.10 Å². The van der Waals surface area contributed by atoms with Gasteiger partial charge in [0.1, 0.15) is 0 Å². The number of hydrogen-bond donors (Lipinski definition) is 1. The van der Waals surface area contributed by atoms with Crippen molar-refractivity contribution >= 4 is 11.6 Å². The van der Waals surface area contributed by atoms with E-state index < -0.39 is 0 Å². The molecule has 0 bridgehead atoms. The predicted molar refractivity (Wildman–Crippen MR) is 71.6 cm³/mol. The average Bonchev–Trinajstić information content (AvgIpc) is 2.71. The zero-order valence-corrected chi connectivity index (χ0v) is 11.5. The first kappa shape index (κ1) is 12.9. The van der Waals surface area contributed by atoms with E-state index in [-0.39, 0.29) is 0 Å². The molecule has 96 valence electrons. The Hall–Kier alpha value is -0.540. The monoisotopic (exact) mass is 255 g/mol. The van der Waals surface area contributed by atoms with Crippen LogP contribution in [0.15, 0.2) is 6.20 Å². The van der Waals surface area contributed by atoms with Gasteiger partial charge in [-0.25, -0.2) is 0 Å². The summed E-state index contributed by atoms with van der Waals surface area (Å²) in [6.45, 7) is 3.14. The molecule has 0 aliphatic heterocycles. The second-order valence-corrected chi connectivity index (χ2v) is 5.29. The van der Waals surface area contributed by atoms with E-state index in [2.05, 4.69) is 29.1 Å². The highest BCUT2D eigenvalue weighted by Crippen LogP contribution is 2.36. The number of rotatable bonds is 4. The lowest BCUT2D eigenvalue weighted by atomic mass is 9.82. The number of halogens is 1. The molecule has 0 radical (unpaired) electrons. The van der Waals surface area contributed by atoms with Crippen molar-refractivity contribution in [1.82, 2.24) is 15.1 Å². The normalized spacial score (nSPS) is 25.1. The Morgan fingerprint density at radius 3 is 2.94 bits per heavy atom. The van der Waals surface area contributed by atoms with Gasteiger partial charge in [-0.15, -0.1) is 0 Å². The minimum Gasteiger partial charge on any atom is -0.316 e. The molecular formula is C13H22ClN3. The van der Waals surface area contributed by atoms with Crippen molar-refractivity contribution in [3.8, 4) is 0 Å². The Bertz CT molecular complexity index is 362. The summed E-state index contributed by atoms with van der Waals surface area (Å²) >= 11 is 6.33. The van der Waals surface area contributed by atoms with Crippen LogP contribution >= 0.6 is 11.6 Å². The third kappa shape index (κ3) is 2.66. The summed E-state index contributed by atoms with van der Waals surface area (Å²) in [5, 5.41) is 8.68. The molecule has 0 spiro atoms. The van der Waals surface area contributed by atoms with Crippen LogP contribution in [0.4, 0.5) is 0 Å². The van der Waals surface area contributed by atoms with Crippen LogP contribution < -0.4 is 5.32 Å². The topological polar surface area (TPSA) is 29.9 Å². The van der Waals surface area contributed by atoms with Crippen molar-refractivity contribution in [3.63, 3.8) is 0 Å². The third-order valence-electron chi connectivity index (χ3n) is 3.76. The van der Waals surface area contributed by atoms with E-state index >= 15 is 0 Å². The molecule has 1 aliphatic rings. The Balaban J connectivity index is 2.26. The van der Waals surface area contributed by atoms with Crippen molar-refractivity contribution in [2.75, 3.05) is 7.05 Å². The minimum absolute atomic E-state index is 0.523. The van der Waals surface area contributed by atoms with Crippen molar-refractivity contribution in [3.05, 3.63) is 16.9 Å². The molecule has 2 rings (SSSR count). The standard InChI is InChI=1S/C13H22ClN3/c1-3-8-17-13(11(14)9-16-17)10-6-4-5-7-12(10)15-2/h9-10,12,15H,3-8H2,1-2H3. The molecule has 0 saturated heterocycles. The number of aromatic nitrogens is 2. The molecule has 1 saturated carbocycles. The van der Waals surface area contributed by atoms with Crippen LogP contribution in [0.5, 0.6) is 0 Å². The summed E-state index contributed by atoms with van der Waals surface area (Å²) in [7, 11) is 2.05. The summed E-state index contributed by atoms with van der Waals surface area (Å²) in [5.41, 5.74) is 1.24. The Morgan fingerprint density at radius 2 is 2.24 bits per heavy atom. The average molecular weight is 256 g/mol. The molecule has 1 aromatic rings.